The Labute approximate surface area is 97.0 Å². The van der Waals surface area contributed by atoms with E-state index in [-0.39, 0.29) is 4.90 Å². The first-order valence-corrected chi connectivity index (χ1v) is 6.51. The monoisotopic (exact) mass is 264 g/mol. The van der Waals surface area contributed by atoms with Crippen LogP contribution in [0, 0.1) is 6.92 Å². The molecule has 0 amide bonds. The number of carboxylic acid groups (broad SMARTS) is 1. The van der Waals surface area contributed by atoms with Gasteiger partial charge in [-0.3, -0.25) is 0 Å². The van der Waals surface area contributed by atoms with Crippen LogP contribution >= 0.6 is 10.7 Å². The number of carboxylic acids is 1. The zero-order chi connectivity index (χ0) is 12.3. The molecule has 1 rings (SSSR count). The number of aliphatic carboxylic acids is 1. The molecule has 0 fully saturated rings. The number of halogens is 1. The van der Waals surface area contributed by atoms with Crippen LogP contribution < -0.4 is 4.74 Å². The maximum absolute atomic E-state index is 11.0. The fourth-order valence-electron chi connectivity index (χ4n) is 1.07. The van der Waals surface area contributed by atoms with Crippen LogP contribution in [-0.2, 0) is 13.8 Å². The van der Waals surface area contributed by atoms with Crippen molar-refractivity contribution in [3.63, 3.8) is 0 Å². The molecular weight excluding hydrogens is 256 g/mol. The largest absolute Gasteiger partial charge is 0.482 e. The summed E-state index contributed by atoms with van der Waals surface area (Å²) in [6, 6.07) is 3.94. The summed E-state index contributed by atoms with van der Waals surface area (Å²) in [7, 11) is 1.37. The van der Waals surface area contributed by atoms with Gasteiger partial charge >= 0.3 is 5.97 Å². The predicted octanol–water partition coefficient (Wildman–Crippen LogP) is 1.39. The van der Waals surface area contributed by atoms with E-state index in [1.54, 1.807) is 6.92 Å². The van der Waals surface area contributed by atoms with Gasteiger partial charge < -0.3 is 9.84 Å². The van der Waals surface area contributed by atoms with Gasteiger partial charge in [-0.1, -0.05) is 0 Å². The molecule has 0 atom stereocenters. The Morgan fingerprint density at radius 3 is 2.56 bits per heavy atom. The summed E-state index contributed by atoms with van der Waals surface area (Å²) in [6.45, 7) is 1.12. The van der Waals surface area contributed by atoms with Crippen LogP contribution in [0.25, 0.3) is 0 Å². The lowest BCUT2D eigenvalue weighted by molar-refractivity contribution is -0.139. The molecule has 0 saturated heterocycles. The molecule has 0 heterocycles. The molecule has 1 aromatic carbocycles. The molecule has 7 heteroatoms. The van der Waals surface area contributed by atoms with Crippen LogP contribution in [0.1, 0.15) is 5.56 Å². The molecule has 0 aliphatic heterocycles. The second-order valence-electron chi connectivity index (χ2n) is 3.05. The van der Waals surface area contributed by atoms with Crippen molar-refractivity contribution in [1.29, 1.82) is 0 Å². The molecule has 0 aromatic heterocycles. The van der Waals surface area contributed by atoms with Gasteiger partial charge in [-0.2, -0.15) is 0 Å². The van der Waals surface area contributed by atoms with Gasteiger partial charge in [-0.05, 0) is 30.7 Å². The average molecular weight is 265 g/mol. The van der Waals surface area contributed by atoms with E-state index in [9.17, 15) is 13.2 Å². The smallest absolute Gasteiger partial charge is 0.341 e. The van der Waals surface area contributed by atoms with E-state index in [1.807, 2.05) is 0 Å². The predicted molar refractivity (Wildman–Crippen MR) is 57.3 cm³/mol. The number of benzene rings is 1. The first-order chi connectivity index (χ1) is 7.30. The van der Waals surface area contributed by atoms with Gasteiger partial charge in [0.1, 0.15) is 5.75 Å². The van der Waals surface area contributed by atoms with Gasteiger partial charge in [-0.15, -0.1) is 0 Å². The standard InChI is InChI=1S/C9H9ClO5S/c1-6-4-7(16(10,13)14)2-3-8(6)15-5-9(11)12/h2-4H,5H2,1H3,(H,11,12). The third-order valence-electron chi connectivity index (χ3n) is 1.78. The lowest BCUT2D eigenvalue weighted by atomic mass is 10.2. The quantitative estimate of drug-likeness (QED) is 0.831. The normalized spacial score (nSPS) is 11.1. The Hall–Kier alpha value is -1.27. The molecule has 0 saturated carbocycles. The first kappa shape index (κ1) is 12.8. The number of ether oxygens (including phenoxy) is 1. The number of carbonyl (C=O) groups is 1. The highest BCUT2D eigenvalue weighted by Crippen LogP contribution is 2.23. The Balaban J connectivity index is 2.96. The molecule has 88 valence electrons. The Morgan fingerprint density at radius 2 is 2.12 bits per heavy atom. The average Bonchev–Trinajstić information content (AvgIpc) is 2.14. The second-order valence-corrected chi connectivity index (χ2v) is 5.61. The highest BCUT2D eigenvalue weighted by atomic mass is 35.7. The molecule has 0 unspecified atom stereocenters. The van der Waals surface area contributed by atoms with Crippen LogP contribution in [-0.4, -0.2) is 26.1 Å². The van der Waals surface area contributed by atoms with E-state index in [2.05, 4.69) is 0 Å². The topological polar surface area (TPSA) is 80.7 Å². The zero-order valence-corrected chi connectivity index (χ0v) is 9.88. The molecule has 0 bridgehead atoms. The van der Waals surface area contributed by atoms with Crippen LogP contribution in [0.15, 0.2) is 23.1 Å². The Kier molecular flexibility index (Phi) is 3.77. The molecule has 1 N–H and O–H groups in total. The van der Waals surface area contributed by atoms with E-state index < -0.39 is 21.6 Å². The molecule has 1 aromatic rings. The van der Waals surface area contributed by atoms with Crippen molar-refractivity contribution in [3.05, 3.63) is 23.8 Å². The Bertz CT molecular complexity index is 509. The maximum Gasteiger partial charge on any atom is 0.341 e. The molecule has 0 radical (unpaired) electrons. The number of aryl methyl sites for hydroxylation is 1. The maximum atomic E-state index is 11.0. The highest BCUT2D eigenvalue weighted by molar-refractivity contribution is 8.13. The summed E-state index contributed by atoms with van der Waals surface area (Å²) in [5.74, 6) is -0.792. The van der Waals surface area contributed by atoms with E-state index in [0.717, 1.165) is 0 Å². The molecule has 0 aliphatic rings. The molecule has 0 spiro atoms. The summed E-state index contributed by atoms with van der Waals surface area (Å²) < 4.78 is 26.9. The van der Waals surface area contributed by atoms with Gasteiger partial charge in [-0.25, -0.2) is 13.2 Å². The van der Waals surface area contributed by atoms with Crippen LogP contribution in [0.5, 0.6) is 5.75 Å². The molecule has 16 heavy (non-hydrogen) atoms. The highest BCUT2D eigenvalue weighted by Gasteiger charge is 2.12. The SMILES string of the molecule is Cc1cc(S(=O)(=O)Cl)ccc1OCC(=O)O. The minimum absolute atomic E-state index is 0.0469. The lowest BCUT2D eigenvalue weighted by Crippen LogP contribution is -2.10. The fourth-order valence-corrected chi connectivity index (χ4v) is 1.91. The molecule has 0 aliphatic carbocycles. The van der Waals surface area contributed by atoms with Crippen molar-refractivity contribution in [2.45, 2.75) is 11.8 Å². The van der Waals surface area contributed by atoms with Crippen molar-refractivity contribution in [2.24, 2.45) is 0 Å². The fraction of sp³-hybridized carbons (Fsp3) is 0.222. The molecule has 5 nitrogen and oxygen atoms in total. The summed E-state index contributed by atoms with van der Waals surface area (Å²) in [5.41, 5.74) is 0.503. The second kappa shape index (κ2) is 4.71. The third-order valence-corrected chi connectivity index (χ3v) is 3.13. The van der Waals surface area contributed by atoms with Gasteiger partial charge in [0.2, 0.25) is 0 Å². The van der Waals surface area contributed by atoms with Crippen molar-refractivity contribution >= 4 is 25.7 Å². The number of rotatable bonds is 4. The summed E-state index contributed by atoms with van der Waals surface area (Å²) >= 11 is 0. The first-order valence-electron chi connectivity index (χ1n) is 4.20. The van der Waals surface area contributed by atoms with Crippen molar-refractivity contribution in [1.82, 2.24) is 0 Å². The number of hydrogen-bond acceptors (Lipinski definition) is 4. The number of hydrogen-bond donors (Lipinski definition) is 1. The van der Waals surface area contributed by atoms with E-state index in [0.29, 0.717) is 11.3 Å². The zero-order valence-electron chi connectivity index (χ0n) is 8.31. The summed E-state index contributed by atoms with van der Waals surface area (Å²) in [6.07, 6.45) is 0. The third kappa shape index (κ3) is 3.39. The van der Waals surface area contributed by atoms with E-state index >= 15 is 0 Å². The van der Waals surface area contributed by atoms with Crippen LogP contribution in [0.2, 0.25) is 0 Å². The van der Waals surface area contributed by atoms with Crippen LogP contribution in [0.4, 0.5) is 0 Å². The van der Waals surface area contributed by atoms with Crippen molar-refractivity contribution in [2.75, 3.05) is 6.61 Å². The van der Waals surface area contributed by atoms with Crippen LogP contribution in [0.3, 0.4) is 0 Å². The van der Waals surface area contributed by atoms with E-state index in [4.69, 9.17) is 20.5 Å². The van der Waals surface area contributed by atoms with Crippen molar-refractivity contribution < 1.29 is 23.1 Å². The minimum Gasteiger partial charge on any atom is -0.482 e. The van der Waals surface area contributed by atoms with E-state index in [1.165, 1.54) is 18.2 Å². The summed E-state index contributed by atoms with van der Waals surface area (Å²) in [5, 5.41) is 8.41. The van der Waals surface area contributed by atoms with Gasteiger partial charge in [0.05, 0.1) is 4.90 Å². The summed E-state index contributed by atoms with van der Waals surface area (Å²) in [4.78, 5) is 10.2. The van der Waals surface area contributed by atoms with Gasteiger partial charge in [0.25, 0.3) is 9.05 Å². The minimum atomic E-state index is -3.77. The molecular formula is C9H9ClO5S. The van der Waals surface area contributed by atoms with Crippen molar-refractivity contribution in [3.8, 4) is 5.75 Å². The van der Waals surface area contributed by atoms with Gasteiger partial charge in [0, 0.05) is 10.7 Å². The lowest BCUT2D eigenvalue weighted by Gasteiger charge is -2.07. The Morgan fingerprint density at radius 1 is 1.50 bits per heavy atom. The van der Waals surface area contributed by atoms with Gasteiger partial charge in [0.15, 0.2) is 6.61 Å².